The summed E-state index contributed by atoms with van der Waals surface area (Å²) < 4.78 is 26.6. The second kappa shape index (κ2) is 14.2. The molecule has 1 aliphatic heterocycles. The number of hydrogen-bond acceptors (Lipinski definition) is 10. The summed E-state index contributed by atoms with van der Waals surface area (Å²) in [5.41, 5.74) is 0. The molecule has 1 heterocycles. The standard InChI is InChI=1S/C23H37NO10/c25-13-18-19(26)20(27)21(28)22(34-18)32-12-11-31-10-9-30-8-7-24-23(29)33-14-17-15-5-3-1-2-4-6-16(15)17/h15-22,25-28H,3-14H2,(H,24,29)/t15-,16+,17?,18?,19?,20?,21?,22?. The van der Waals surface area contributed by atoms with E-state index >= 15 is 0 Å². The van der Waals surface area contributed by atoms with Gasteiger partial charge in [0, 0.05) is 19.4 Å². The van der Waals surface area contributed by atoms with E-state index in [1.165, 1.54) is 0 Å². The zero-order valence-corrected chi connectivity index (χ0v) is 19.3. The van der Waals surface area contributed by atoms with Gasteiger partial charge < -0.3 is 49.4 Å². The van der Waals surface area contributed by atoms with Crippen molar-refractivity contribution in [1.82, 2.24) is 5.32 Å². The number of fused-ring (bicyclic) bond motifs is 1. The van der Waals surface area contributed by atoms with Crippen molar-refractivity contribution in [2.45, 2.75) is 56.4 Å². The van der Waals surface area contributed by atoms with Crippen LogP contribution in [0.1, 0.15) is 25.7 Å². The number of nitrogens with one attached hydrogen (secondary N) is 1. The molecule has 0 aromatic heterocycles. The first-order valence-corrected chi connectivity index (χ1v) is 12.0. The Hall–Kier alpha value is -1.49. The molecule has 6 unspecified atom stereocenters. The summed E-state index contributed by atoms with van der Waals surface area (Å²) in [6.07, 6.45) is -2.86. The number of carbonyl (C=O) groups excluding carboxylic acids is 1. The lowest BCUT2D eigenvalue weighted by atomic mass is 9.99. The van der Waals surface area contributed by atoms with Crippen LogP contribution in [-0.4, -0.2) is 110 Å². The molecule has 8 atom stereocenters. The number of amides is 1. The maximum Gasteiger partial charge on any atom is 0.407 e. The summed E-state index contributed by atoms with van der Waals surface area (Å²) in [5.74, 6) is 8.10. The van der Waals surface area contributed by atoms with E-state index < -0.39 is 43.4 Å². The molecule has 0 aromatic carbocycles. The predicted octanol–water partition coefficient (Wildman–Crippen LogP) is -0.998. The van der Waals surface area contributed by atoms with Gasteiger partial charge in [-0.1, -0.05) is 0 Å². The van der Waals surface area contributed by atoms with Crippen LogP contribution in [0.25, 0.3) is 0 Å². The summed E-state index contributed by atoms with van der Waals surface area (Å²) in [5, 5.41) is 41.1. The van der Waals surface area contributed by atoms with Crippen molar-refractivity contribution in [2.24, 2.45) is 17.8 Å². The second-order valence-electron chi connectivity index (χ2n) is 8.74. The van der Waals surface area contributed by atoms with Gasteiger partial charge in [0.05, 0.1) is 46.2 Å². The lowest BCUT2D eigenvalue weighted by Crippen LogP contribution is -2.59. The molecule has 1 saturated heterocycles. The van der Waals surface area contributed by atoms with Crippen LogP contribution in [0.15, 0.2) is 0 Å². The van der Waals surface area contributed by atoms with Crippen molar-refractivity contribution < 1.29 is 48.9 Å². The molecule has 3 aliphatic rings. The summed E-state index contributed by atoms with van der Waals surface area (Å²) in [7, 11) is 0. The maximum absolute atomic E-state index is 11.8. The van der Waals surface area contributed by atoms with Crippen LogP contribution in [0.4, 0.5) is 4.79 Å². The highest BCUT2D eigenvalue weighted by atomic mass is 16.7. The molecule has 3 rings (SSSR count). The lowest BCUT2D eigenvalue weighted by molar-refractivity contribution is -0.302. The second-order valence-corrected chi connectivity index (χ2v) is 8.74. The minimum Gasteiger partial charge on any atom is -0.449 e. The average Bonchev–Trinajstić information content (AvgIpc) is 3.47. The number of hydrogen-bond donors (Lipinski definition) is 5. The Labute approximate surface area is 199 Å². The topological polar surface area (TPSA) is 156 Å². The molecule has 11 nitrogen and oxygen atoms in total. The van der Waals surface area contributed by atoms with E-state index in [9.17, 15) is 20.1 Å². The summed E-state index contributed by atoms with van der Waals surface area (Å²) in [6.45, 7) is 1.50. The number of rotatable bonds is 13. The highest BCUT2D eigenvalue weighted by molar-refractivity contribution is 5.67. The van der Waals surface area contributed by atoms with Crippen molar-refractivity contribution in [3.8, 4) is 11.8 Å². The highest BCUT2D eigenvalue weighted by Gasteiger charge is 2.49. The molecular weight excluding hydrogens is 450 g/mol. The molecule has 0 radical (unpaired) electrons. The Bertz CT molecular complexity index is 662. The molecule has 0 spiro atoms. The molecule has 2 fully saturated rings. The largest absolute Gasteiger partial charge is 0.449 e. The molecule has 34 heavy (non-hydrogen) atoms. The van der Waals surface area contributed by atoms with Crippen LogP contribution in [0.2, 0.25) is 0 Å². The first-order chi connectivity index (χ1) is 16.5. The normalized spacial score (nSPS) is 34.7. The zero-order chi connectivity index (χ0) is 24.3. The van der Waals surface area contributed by atoms with Crippen molar-refractivity contribution in [3.63, 3.8) is 0 Å². The SMILES string of the molecule is O=C(NCCOCCOCCOC1OC(CO)C(O)C(O)C1O)OCC1[C@H]2CCC#CCC[C@@H]12. The van der Waals surface area contributed by atoms with Crippen LogP contribution >= 0.6 is 0 Å². The average molecular weight is 488 g/mol. The predicted molar refractivity (Wildman–Crippen MR) is 117 cm³/mol. The van der Waals surface area contributed by atoms with Gasteiger partial charge in [-0.25, -0.2) is 4.79 Å². The third kappa shape index (κ3) is 8.03. The number of aliphatic hydroxyl groups is 4. The number of carbonyl (C=O) groups is 1. The fourth-order valence-corrected chi connectivity index (χ4v) is 4.48. The molecule has 1 amide bonds. The van der Waals surface area contributed by atoms with Gasteiger partial charge in [0.2, 0.25) is 0 Å². The zero-order valence-electron chi connectivity index (χ0n) is 19.3. The molecule has 1 saturated carbocycles. The minimum atomic E-state index is -1.47. The van der Waals surface area contributed by atoms with Crippen molar-refractivity contribution in [2.75, 3.05) is 52.8 Å². The Kier molecular flexibility index (Phi) is 11.3. The van der Waals surface area contributed by atoms with E-state index in [1.54, 1.807) is 0 Å². The molecule has 5 N–H and O–H groups in total. The minimum absolute atomic E-state index is 0.0752. The van der Waals surface area contributed by atoms with Gasteiger partial charge >= 0.3 is 6.09 Å². The van der Waals surface area contributed by atoms with Crippen molar-refractivity contribution in [3.05, 3.63) is 0 Å². The van der Waals surface area contributed by atoms with Gasteiger partial charge in [-0.05, 0) is 30.6 Å². The third-order valence-corrected chi connectivity index (χ3v) is 6.49. The number of ether oxygens (including phenoxy) is 5. The molecule has 11 heteroatoms. The number of aliphatic hydroxyl groups excluding tert-OH is 4. The third-order valence-electron chi connectivity index (χ3n) is 6.49. The monoisotopic (exact) mass is 487 g/mol. The Morgan fingerprint density at radius 2 is 1.56 bits per heavy atom. The van der Waals surface area contributed by atoms with Crippen LogP contribution in [0, 0.1) is 29.6 Å². The fourth-order valence-electron chi connectivity index (χ4n) is 4.48. The Morgan fingerprint density at radius 1 is 0.912 bits per heavy atom. The van der Waals surface area contributed by atoms with Crippen LogP contribution < -0.4 is 5.32 Å². The van der Waals surface area contributed by atoms with Crippen molar-refractivity contribution >= 4 is 6.09 Å². The summed E-state index contributed by atoms with van der Waals surface area (Å²) >= 11 is 0. The van der Waals surface area contributed by atoms with E-state index in [1.807, 2.05) is 0 Å². The van der Waals surface area contributed by atoms with Gasteiger partial charge in [-0.2, -0.15) is 0 Å². The maximum atomic E-state index is 11.8. The van der Waals surface area contributed by atoms with Crippen LogP contribution in [0.5, 0.6) is 0 Å². The molecular formula is C23H37NO10. The lowest BCUT2D eigenvalue weighted by Gasteiger charge is -2.39. The van der Waals surface area contributed by atoms with Crippen LogP contribution in [-0.2, 0) is 23.7 Å². The quantitative estimate of drug-likeness (QED) is 0.161. The Balaban J connectivity index is 1.12. The molecule has 2 aliphatic carbocycles. The van der Waals surface area contributed by atoms with Crippen molar-refractivity contribution in [1.29, 1.82) is 0 Å². The first-order valence-electron chi connectivity index (χ1n) is 12.0. The smallest absolute Gasteiger partial charge is 0.407 e. The van der Waals surface area contributed by atoms with Gasteiger partial charge in [-0.3, -0.25) is 0 Å². The fraction of sp³-hybridized carbons (Fsp3) is 0.870. The van der Waals surface area contributed by atoms with E-state index in [0.29, 0.717) is 50.7 Å². The van der Waals surface area contributed by atoms with Gasteiger partial charge in [0.25, 0.3) is 0 Å². The van der Waals surface area contributed by atoms with Gasteiger partial charge in [-0.15, -0.1) is 11.8 Å². The first kappa shape index (κ1) is 27.1. The number of alkyl carbamates (subject to hydrolysis) is 1. The molecule has 0 aromatic rings. The van der Waals surface area contributed by atoms with Crippen LogP contribution in [0.3, 0.4) is 0 Å². The van der Waals surface area contributed by atoms with E-state index in [0.717, 1.165) is 25.7 Å². The van der Waals surface area contributed by atoms with E-state index in [2.05, 4.69) is 17.2 Å². The van der Waals surface area contributed by atoms with E-state index in [4.69, 9.17) is 28.8 Å². The highest BCUT2D eigenvalue weighted by Crippen LogP contribution is 2.52. The summed E-state index contributed by atoms with van der Waals surface area (Å²) in [4.78, 5) is 11.8. The summed E-state index contributed by atoms with van der Waals surface area (Å²) in [6, 6.07) is 0. The molecule has 194 valence electrons. The Morgan fingerprint density at radius 3 is 2.24 bits per heavy atom. The van der Waals surface area contributed by atoms with Gasteiger partial charge in [0.1, 0.15) is 24.4 Å². The molecule has 0 bridgehead atoms. The van der Waals surface area contributed by atoms with Gasteiger partial charge in [0.15, 0.2) is 6.29 Å². The van der Waals surface area contributed by atoms with E-state index in [-0.39, 0.29) is 13.2 Å².